The van der Waals surface area contributed by atoms with Crippen LogP contribution >= 0.6 is 0 Å². The van der Waals surface area contributed by atoms with Crippen LogP contribution in [0.5, 0.6) is 5.75 Å². The van der Waals surface area contributed by atoms with Crippen molar-refractivity contribution in [3.63, 3.8) is 0 Å². The van der Waals surface area contributed by atoms with E-state index in [0.717, 1.165) is 5.56 Å². The molecule has 124 valence electrons. The molecule has 0 spiro atoms. The van der Waals surface area contributed by atoms with E-state index in [-0.39, 0.29) is 5.91 Å². The van der Waals surface area contributed by atoms with Gasteiger partial charge >= 0.3 is 5.97 Å². The van der Waals surface area contributed by atoms with Crippen molar-refractivity contribution in [3.8, 4) is 5.75 Å². The van der Waals surface area contributed by atoms with Gasteiger partial charge in [-0.15, -0.1) is 0 Å². The van der Waals surface area contributed by atoms with Crippen LogP contribution in [-0.2, 0) is 4.79 Å². The van der Waals surface area contributed by atoms with Crippen LogP contribution < -0.4 is 9.64 Å². The third kappa shape index (κ3) is 2.73. The van der Waals surface area contributed by atoms with Crippen LogP contribution in [0.1, 0.15) is 33.8 Å². The first kappa shape index (κ1) is 16.1. The molecular weight excluding hydrogens is 306 g/mol. The number of nitrogens with zero attached hydrogens (tertiary/aromatic N) is 1. The third-order valence-electron chi connectivity index (χ3n) is 4.44. The summed E-state index contributed by atoms with van der Waals surface area (Å²) in [5.74, 6) is -0.913. The molecule has 1 N–H and O–H groups in total. The fraction of sp³-hybridized carbons (Fsp3) is 0.263. The first-order chi connectivity index (χ1) is 11.5. The maximum atomic E-state index is 12.9. The summed E-state index contributed by atoms with van der Waals surface area (Å²) in [6.45, 7) is 2.30. The monoisotopic (exact) mass is 325 g/mol. The Kier molecular flexibility index (Phi) is 4.25. The summed E-state index contributed by atoms with van der Waals surface area (Å²) < 4.78 is 5.29. The fourth-order valence-corrected chi connectivity index (χ4v) is 3.14. The minimum atomic E-state index is -0.855. The number of carboxylic acids is 1. The SMILES string of the molecule is COc1cc(C(=O)N2CCC(C(=O)O)c3ccccc32)ccc1C. The van der Waals surface area contributed by atoms with Gasteiger partial charge in [-0.1, -0.05) is 24.3 Å². The van der Waals surface area contributed by atoms with Crippen LogP contribution in [0.15, 0.2) is 42.5 Å². The lowest BCUT2D eigenvalue weighted by Gasteiger charge is -2.32. The molecule has 2 aromatic carbocycles. The number of aryl methyl sites for hydroxylation is 1. The van der Waals surface area contributed by atoms with Gasteiger partial charge in [0.1, 0.15) is 5.75 Å². The molecule has 0 saturated heterocycles. The van der Waals surface area contributed by atoms with Crippen LogP contribution in [0.4, 0.5) is 5.69 Å². The van der Waals surface area contributed by atoms with Gasteiger partial charge in [0.2, 0.25) is 0 Å². The molecule has 0 saturated carbocycles. The van der Waals surface area contributed by atoms with E-state index in [1.165, 1.54) is 0 Å². The number of ether oxygens (including phenoxy) is 1. The molecule has 1 unspecified atom stereocenters. The maximum absolute atomic E-state index is 12.9. The Morgan fingerprint density at radius 1 is 1.21 bits per heavy atom. The zero-order chi connectivity index (χ0) is 17.3. The number of methoxy groups -OCH3 is 1. The molecule has 0 fully saturated rings. The second-order valence-electron chi connectivity index (χ2n) is 5.88. The lowest BCUT2D eigenvalue weighted by molar-refractivity contribution is -0.139. The van der Waals surface area contributed by atoms with Crippen molar-refractivity contribution in [1.82, 2.24) is 0 Å². The van der Waals surface area contributed by atoms with Gasteiger partial charge in [-0.2, -0.15) is 0 Å². The summed E-state index contributed by atoms with van der Waals surface area (Å²) in [5.41, 5.74) is 2.84. The maximum Gasteiger partial charge on any atom is 0.311 e. The number of hydrogen-bond acceptors (Lipinski definition) is 3. The predicted octanol–water partition coefficient (Wildman–Crippen LogP) is 3.22. The smallest absolute Gasteiger partial charge is 0.311 e. The lowest BCUT2D eigenvalue weighted by atomic mass is 9.89. The molecule has 1 aliphatic rings. The highest BCUT2D eigenvalue weighted by atomic mass is 16.5. The van der Waals surface area contributed by atoms with Crippen molar-refractivity contribution >= 4 is 17.6 Å². The number of carbonyl (C=O) groups excluding carboxylic acids is 1. The Balaban J connectivity index is 1.99. The molecule has 1 aliphatic heterocycles. The van der Waals surface area contributed by atoms with E-state index in [2.05, 4.69) is 0 Å². The summed E-state index contributed by atoms with van der Waals surface area (Å²) in [5, 5.41) is 9.41. The minimum Gasteiger partial charge on any atom is -0.496 e. The first-order valence-corrected chi connectivity index (χ1v) is 7.81. The van der Waals surface area contributed by atoms with E-state index in [0.29, 0.717) is 35.5 Å². The number of anilines is 1. The summed E-state index contributed by atoms with van der Waals surface area (Å²) in [6.07, 6.45) is 0.404. The number of benzene rings is 2. The number of hydrogen-bond donors (Lipinski definition) is 1. The van der Waals surface area contributed by atoms with Crippen LogP contribution in [-0.4, -0.2) is 30.6 Å². The second-order valence-corrected chi connectivity index (χ2v) is 5.88. The normalized spacial score (nSPS) is 16.4. The van der Waals surface area contributed by atoms with Crippen molar-refractivity contribution in [2.75, 3.05) is 18.6 Å². The summed E-state index contributed by atoms with van der Waals surface area (Å²) in [4.78, 5) is 26.1. The van der Waals surface area contributed by atoms with E-state index < -0.39 is 11.9 Å². The Morgan fingerprint density at radius 3 is 2.67 bits per heavy atom. The van der Waals surface area contributed by atoms with Crippen molar-refractivity contribution in [2.45, 2.75) is 19.3 Å². The van der Waals surface area contributed by atoms with Gasteiger partial charge in [-0.25, -0.2) is 0 Å². The number of aliphatic carboxylic acids is 1. The van der Waals surface area contributed by atoms with E-state index in [9.17, 15) is 14.7 Å². The van der Waals surface area contributed by atoms with Crippen molar-refractivity contribution in [2.24, 2.45) is 0 Å². The molecule has 0 bridgehead atoms. The van der Waals surface area contributed by atoms with Crippen LogP contribution in [0.2, 0.25) is 0 Å². The molecule has 5 nitrogen and oxygen atoms in total. The Morgan fingerprint density at radius 2 is 1.96 bits per heavy atom. The van der Waals surface area contributed by atoms with Gasteiger partial charge in [-0.3, -0.25) is 9.59 Å². The largest absolute Gasteiger partial charge is 0.496 e. The second kappa shape index (κ2) is 6.35. The molecule has 3 rings (SSSR count). The predicted molar refractivity (Wildman–Crippen MR) is 90.8 cm³/mol. The number of carboxylic acid groups (broad SMARTS) is 1. The van der Waals surface area contributed by atoms with Gasteiger partial charge in [0.25, 0.3) is 5.91 Å². The molecule has 2 aromatic rings. The minimum absolute atomic E-state index is 0.149. The van der Waals surface area contributed by atoms with E-state index in [4.69, 9.17) is 4.74 Å². The highest BCUT2D eigenvalue weighted by Crippen LogP contribution is 2.36. The van der Waals surface area contributed by atoms with Gasteiger partial charge in [0.05, 0.1) is 13.0 Å². The number of rotatable bonds is 3. The highest BCUT2D eigenvalue weighted by Gasteiger charge is 2.32. The third-order valence-corrected chi connectivity index (χ3v) is 4.44. The summed E-state index contributed by atoms with van der Waals surface area (Å²) in [6, 6.07) is 12.5. The number of carbonyl (C=O) groups is 2. The van der Waals surface area contributed by atoms with E-state index in [1.807, 2.05) is 19.1 Å². The average Bonchev–Trinajstić information content (AvgIpc) is 2.60. The van der Waals surface area contributed by atoms with Crippen LogP contribution in [0.25, 0.3) is 0 Å². The standard InChI is InChI=1S/C19H19NO4/c1-12-7-8-13(11-17(12)24-2)18(21)20-10-9-15(19(22)23)14-5-3-4-6-16(14)20/h3-8,11,15H,9-10H2,1-2H3,(H,22,23). The Bertz CT molecular complexity index is 800. The first-order valence-electron chi connectivity index (χ1n) is 7.81. The Labute approximate surface area is 140 Å². The molecule has 24 heavy (non-hydrogen) atoms. The van der Waals surface area contributed by atoms with Crippen LogP contribution in [0, 0.1) is 6.92 Å². The number of fused-ring (bicyclic) bond motifs is 1. The number of amides is 1. The van der Waals surface area contributed by atoms with Gasteiger partial charge in [-0.05, 0) is 42.7 Å². The molecule has 5 heteroatoms. The summed E-state index contributed by atoms with van der Waals surface area (Å²) >= 11 is 0. The quantitative estimate of drug-likeness (QED) is 0.941. The highest BCUT2D eigenvalue weighted by molar-refractivity contribution is 6.07. The molecule has 0 aromatic heterocycles. The zero-order valence-corrected chi connectivity index (χ0v) is 13.7. The Hall–Kier alpha value is -2.82. The van der Waals surface area contributed by atoms with Crippen molar-refractivity contribution < 1.29 is 19.4 Å². The average molecular weight is 325 g/mol. The van der Waals surface area contributed by atoms with Gasteiger partial charge < -0.3 is 14.7 Å². The summed E-state index contributed by atoms with van der Waals surface area (Å²) in [7, 11) is 1.57. The molecule has 0 radical (unpaired) electrons. The molecule has 1 heterocycles. The van der Waals surface area contributed by atoms with Gasteiger partial charge in [0, 0.05) is 17.8 Å². The van der Waals surface area contributed by atoms with Crippen molar-refractivity contribution in [1.29, 1.82) is 0 Å². The fourth-order valence-electron chi connectivity index (χ4n) is 3.14. The molecular formula is C19H19NO4. The lowest BCUT2D eigenvalue weighted by Crippen LogP contribution is -2.38. The van der Waals surface area contributed by atoms with Gasteiger partial charge in [0.15, 0.2) is 0 Å². The van der Waals surface area contributed by atoms with E-state index in [1.54, 1.807) is 42.3 Å². The zero-order valence-electron chi connectivity index (χ0n) is 13.7. The molecule has 1 amide bonds. The molecule has 0 aliphatic carbocycles. The van der Waals surface area contributed by atoms with Crippen LogP contribution in [0.3, 0.4) is 0 Å². The van der Waals surface area contributed by atoms with E-state index >= 15 is 0 Å². The van der Waals surface area contributed by atoms with Crippen molar-refractivity contribution in [3.05, 3.63) is 59.2 Å². The molecule has 1 atom stereocenters. The number of para-hydroxylation sites is 1. The topological polar surface area (TPSA) is 66.8 Å².